The summed E-state index contributed by atoms with van der Waals surface area (Å²) in [5.74, 6) is 2.73. The van der Waals surface area contributed by atoms with Crippen LogP contribution in [0, 0.1) is 23.2 Å². The Hall–Kier alpha value is -0.530. The highest BCUT2D eigenvalue weighted by Crippen LogP contribution is 2.60. The van der Waals surface area contributed by atoms with Crippen LogP contribution in [0.3, 0.4) is 0 Å². The number of carbonyl (C=O) groups is 1. The Morgan fingerprint density at radius 2 is 2.05 bits per heavy atom. The van der Waals surface area contributed by atoms with Crippen molar-refractivity contribution < 1.29 is 9.53 Å². The lowest BCUT2D eigenvalue weighted by Gasteiger charge is -2.38. The summed E-state index contributed by atoms with van der Waals surface area (Å²) in [5, 5.41) is 0. The second-order valence-corrected chi connectivity index (χ2v) is 7.65. The lowest BCUT2D eigenvalue weighted by atomic mass is 9.67. The van der Waals surface area contributed by atoms with Crippen molar-refractivity contribution in [3.05, 3.63) is 0 Å². The largest absolute Gasteiger partial charge is 0.463 e. The maximum atomic E-state index is 11.1. The zero-order valence-corrected chi connectivity index (χ0v) is 13.8. The first-order valence-electron chi connectivity index (χ1n) is 8.62. The van der Waals surface area contributed by atoms with Crippen molar-refractivity contribution >= 4 is 5.97 Å². The number of fused-ring (bicyclic) bond motifs is 2. The first-order chi connectivity index (χ1) is 9.45. The van der Waals surface area contributed by atoms with Crippen LogP contribution in [0.15, 0.2) is 0 Å². The molecule has 2 heteroatoms. The van der Waals surface area contributed by atoms with Crippen LogP contribution in [-0.4, -0.2) is 12.1 Å². The van der Waals surface area contributed by atoms with Gasteiger partial charge in [-0.1, -0.05) is 27.2 Å². The SMILES string of the molecule is CCCC(CCCC1C2CCC(C2)C1(C)C)OC(C)=O. The molecule has 0 aromatic carbocycles. The van der Waals surface area contributed by atoms with E-state index in [4.69, 9.17) is 4.74 Å². The van der Waals surface area contributed by atoms with Gasteiger partial charge in [-0.3, -0.25) is 4.79 Å². The van der Waals surface area contributed by atoms with Gasteiger partial charge in [0.25, 0.3) is 0 Å². The average Bonchev–Trinajstić information content (AvgIpc) is 2.90. The van der Waals surface area contributed by atoms with E-state index in [9.17, 15) is 4.79 Å². The number of rotatable bonds is 7. The van der Waals surface area contributed by atoms with E-state index < -0.39 is 0 Å². The zero-order chi connectivity index (χ0) is 14.8. The van der Waals surface area contributed by atoms with Gasteiger partial charge in [-0.2, -0.15) is 0 Å². The summed E-state index contributed by atoms with van der Waals surface area (Å²) in [5.41, 5.74) is 0.546. The first kappa shape index (κ1) is 15.9. The molecular formula is C18H32O2. The van der Waals surface area contributed by atoms with E-state index in [0.29, 0.717) is 5.41 Å². The Labute approximate surface area is 124 Å². The third-order valence-electron chi connectivity index (χ3n) is 6.03. The zero-order valence-electron chi connectivity index (χ0n) is 13.8. The Balaban J connectivity index is 1.78. The quantitative estimate of drug-likeness (QED) is 0.616. The van der Waals surface area contributed by atoms with Crippen LogP contribution < -0.4 is 0 Å². The summed E-state index contributed by atoms with van der Waals surface area (Å²) >= 11 is 0. The Morgan fingerprint density at radius 3 is 2.60 bits per heavy atom. The minimum Gasteiger partial charge on any atom is -0.463 e. The molecule has 0 amide bonds. The van der Waals surface area contributed by atoms with Crippen molar-refractivity contribution in [3.63, 3.8) is 0 Å². The molecule has 0 aliphatic heterocycles. The standard InChI is InChI=1S/C18H32O2/c1-5-7-16(20-13(2)19)8-6-9-17-14-10-11-15(12-14)18(17,3)4/h14-17H,5-12H2,1-4H3. The van der Waals surface area contributed by atoms with Gasteiger partial charge in [0, 0.05) is 6.92 Å². The summed E-state index contributed by atoms with van der Waals surface area (Å²) in [6.07, 6.45) is 10.2. The molecule has 0 aromatic heterocycles. The predicted octanol–water partition coefficient (Wildman–Crippen LogP) is 4.96. The third kappa shape index (κ3) is 3.38. The third-order valence-corrected chi connectivity index (χ3v) is 6.03. The molecule has 0 heterocycles. The molecule has 2 aliphatic rings. The topological polar surface area (TPSA) is 26.3 Å². The number of hydrogen-bond acceptors (Lipinski definition) is 2. The first-order valence-corrected chi connectivity index (χ1v) is 8.62. The maximum absolute atomic E-state index is 11.1. The van der Waals surface area contributed by atoms with Gasteiger partial charge in [0.05, 0.1) is 0 Å². The van der Waals surface area contributed by atoms with E-state index >= 15 is 0 Å². The minimum atomic E-state index is -0.122. The number of esters is 1. The van der Waals surface area contributed by atoms with Crippen molar-refractivity contribution in [2.24, 2.45) is 23.2 Å². The van der Waals surface area contributed by atoms with E-state index in [2.05, 4.69) is 20.8 Å². The fraction of sp³-hybridized carbons (Fsp3) is 0.944. The van der Waals surface area contributed by atoms with Crippen LogP contribution in [-0.2, 0) is 9.53 Å². The Morgan fingerprint density at radius 1 is 1.30 bits per heavy atom. The Bertz CT molecular complexity index is 334. The van der Waals surface area contributed by atoms with Gasteiger partial charge in [-0.25, -0.2) is 0 Å². The summed E-state index contributed by atoms with van der Waals surface area (Å²) in [6.45, 7) is 8.66. The summed E-state index contributed by atoms with van der Waals surface area (Å²) in [4.78, 5) is 11.1. The smallest absolute Gasteiger partial charge is 0.302 e. The van der Waals surface area contributed by atoms with Crippen LogP contribution in [0.2, 0.25) is 0 Å². The predicted molar refractivity (Wildman–Crippen MR) is 82.4 cm³/mol. The highest BCUT2D eigenvalue weighted by atomic mass is 16.5. The fourth-order valence-corrected chi connectivity index (χ4v) is 4.96. The number of ether oxygens (including phenoxy) is 1. The molecule has 0 N–H and O–H groups in total. The molecule has 4 atom stereocenters. The van der Waals surface area contributed by atoms with E-state index in [0.717, 1.165) is 37.0 Å². The van der Waals surface area contributed by atoms with Crippen molar-refractivity contribution in [1.82, 2.24) is 0 Å². The molecule has 2 aliphatic carbocycles. The summed E-state index contributed by atoms with van der Waals surface area (Å²) < 4.78 is 5.43. The molecule has 2 saturated carbocycles. The highest BCUT2D eigenvalue weighted by Gasteiger charge is 2.51. The van der Waals surface area contributed by atoms with Crippen LogP contribution in [0.25, 0.3) is 0 Å². The fourth-order valence-electron chi connectivity index (χ4n) is 4.96. The Kier molecular flexibility index (Phi) is 5.14. The number of hydrogen-bond donors (Lipinski definition) is 0. The minimum absolute atomic E-state index is 0.122. The molecule has 2 nitrogen and oxygen atoms in total. The van der Waals surface area contributed by atoms with E-state index in [1.165, 1.54) is 39.0 Å². The van der Waals surface area contributed by atoms with Gasteiger partial charge < -0.3 is 4.74 Å². The maximum Gasteiger partial charge on any atom is 0.302 e. The van der Waals surface area contributed by atoms with Crippen molar-refractivity contribution in [2.75, 3.05) is 0 Å². The average molecular weight is 280 g/mol. The molecule has 116 valence electrons. The van der Waals surface area contributed by atoms with E-state index in [1.54, 1.807) is 0 Å². The molecule has 2 fully saturated rings. The highest BCUT2D eigenvalue weighted by molar-refractivity contribution is 5.66. The molecule has 0 saturated heterocycles. The van der Waals surface area contributed by atoms with Crippen LogP contribution in [0.4, 0.5) is 0 Å². The number of carbonyl (C=O) groups excluding carboxylic acids is 1. The molecule has 0 spiro atoms. The van der Waals surface area contributed by atoms with E-state index in [-0.39, 0.29) is 12.1 Å². The van der Waals surface area contributed by atoms with Gasteiger partial charge >= 0.3 is 5.97 Å². The van der Waals surface area contributed by atoms with Gasteiger partial charge in [0.1, 0.15) is 6.10 Å². The van der Waals surface area contributed by atoms with Crippen LogP contribution in [0.5, 0.6) is 0 Å². The normalized spacial score (nSPS) is 32.3. The lowest BCUT2D eigenvalue weighted by Crippen LogP contribution is -2.30. The monoisotopic (exact) mass is 280 g/mol. The summed E-state index contributed by atoms with van der Waals surface area (Å²) in [7, 11) is 0. The molecule has 0 aromatic rings. The van der Waals surface area contributed by atoms with Crippen molar-refractivity contribution in [3.8, 4) is 0 Å². The molecule has 4 unspecified atom stereocenters. The van der Waals surface area contributed by atoms with Crippen molar-refractivity contribution in [2.45, 2.75) is 85.2 Å². The second kappa shape index (κ2) is 6.49. The summed E-state index contributed by atoms with van der Waals surface area (Å²) in [6, 6.07) is 0. The van der Waals surface area contributed by atoms with Gasteiger partial charge in [0.15, 0.2) is 0 Å². The molecular weight excluding hydrogens is 248 g/mol. The second-order valence-electron chi connectivity index (χ2n) is 7.65. The van der Waals surface area contributed by atoms with Gasteiger partial charge in [-0.05, 0) is 68.1 Å². The van der Waals surface area contributed by atoms with Gasteiger partial charge in [0.2, 0.25) is 0 Å². The lowest BCUT2D eigenvalue weighted by molar-refractivity contribution is -0.147. The van der Waals surface area contributed by atoms with Crippen LogP contribution >= 0.6 is 0 Å². The molecule has 20 heavy (non-hydrogen) atoms. The molecule has 2 bridgehead atoms. The van der Waals surface area contributed by atoms with Crippen molar-refractivity contribution in [1.29, 1.82) is 0 Å². The van der Waals surface area contributed by atoms with E-state index in [1.807, 2.05) is 0 Å². The molecule has 0 radical (unpaired) electrons. The molecule has 2 rings (SSSR count). The van der Waals surface area contributed by atoms with Crippen LogP contribution in [0.1, 0.15) is 79.1 Å². The van der Waals surface area contributed by atoms with Gasteiger partial charge in [-0.15, -0.1) is 0 Å².